The fraction of sp³-hybridized carbons (Fsp3) is 0.278. The monoisotopic (exact) mass is 419 g/mol. The Hall–Kier alpha value is -2.36. The molecule has 0 radical (unpaired) electrons. The molecule has 3 aromatic rings. The summed E-state index contributed by atoms with van der Waals surface area (Å²) >= 11 is 7.56. The highest BCUT2D eigenvalue weighted by Crippen LogP contribution is 2.28. The molecule has 1 aliphatic rings. The molecule has 0 aliphatic carbocycles. The highest BCUT2D eigenvalue weighted by molar-refractivity contribution is 8.14. The number of rotatable bonds is 5. The van der Waals surface area contributed by atoms with Gasteiger partial charge >= 0.3 is 0 Å². The number of anilines is 1. The zero-order valence-electron chi connectivity index (χ0n) is 15.4. The number of nitrogens with zero attached hydrogens (tertiary/aromatic N) is 6. The Bertz CT molecular complexity index is 1020. The molecule has 28 heavy (non-hydrogen) atoms. The Labute approximate surface area is 171 Å². The summed E-state index contributed by atoms with van der Waals surface area (Å²) in [5.74, 6) is 0.235. The smallest absolute Gasteiger partial charge is 0.173 e. The molecule has 4 rings (SSSR count). The Morgan fingerprint density at radius 3 is 2.75 bits per heavy atom. The van der Waals surface area contributed by atoms with E-state index >= 15 is 0 Å². The van der Waals surface area contributed by atoms with Crippen LogP contribution < -0.4 is 10.7 Å². The summed E-state index contributed by atoms with van der Waals surface area (Å²) in [6.07, 6.45) is 1.75. The lowest BCUT2D eigenvalue weighted by molar-refractivity contribution is 0.584. The molecule has 0 saturated heterocycles. The topological polar surface area (TPSA) is 77.3 Å². The van der Waals surface area contributed by atoms with E-state index in [1.54, 1.807) is 34.1 Å². The molecule has 0 amide bonds. The summed E-state index contributed by atoms with van der Waals surface area (Å²) in [6.45, 7) is 4.75. The van der Waals surface area contributed by atoms with Crippen LogP contribution in [0.15, 0.2) is 41.6 Å². The molecule has 3 heterocycles. The molecule has 1 unspecified atom stereocenters. The highest BCUT2D eigenvalue weighted by atomic mass is 35.5. The van der Waals surface area contributed by atoms with Gasteiger partial charge in [-0.2, -0.15) is 15.3 Å². The lowest BCUT2D eigenvalue weighted by atomic mass is 10.2. The number of aryl methyl sites for hydroxylation is 2. The minimum atomic E-state index is -0.382. The SMILES string of the molecule is Cc1cc(C)n(CC2=NN(c3ccn(Cc4c(F)cccc4Cl)n3)C(N)S2)n1. The lowest BCUT2D eigenvalue weighted by Crippen LogP contribution is -2.32. The van der Waals surface area contributed by atoms with Crippen LogP contribution in [0.25, 0.3) is 0 Å². The van der Waals surface area contributed by atoms with Crippen molar-refractivity contribution in [2.24, 2.45) is 10.8 Å². The molecular formula is C18H19ClFN7S. The quantitative estimate of drug-likeness (QED) is 0.686. The number of hydrogen-bond acceptors (Lipinski definition) is 6. The third-order valence-corrected chi connectivity index (χ3v) is 5.63. The molecule has 146 valence electrons. The van der Waals surface area contributed by atoms with Gasteiger partial charge in [0.2, 0.25) is 0 Å². The Morgan fingerprint density at radius 2 is 2.04 bits per heavy atom. The molecule has 0 bridgehead atoms. The second-order valence-electron chi connectivity index (χ2n) is 6.50. The van der Waals surface area contributed by atoms with E-state index in [4.69, 9.17) is 17.3 Å². The maximum absolute atomic E-state index is 14.0. The maximum atomic E-state index is 14.0. The number of aromatic nitrogens is 4. The van der Waals surface area contributed by atoms with Crippen LogP contribution in [0, 0.1) is 19.7 Å². The molecule has 2 aromatic heterocycles. The van der Waals surface area contributed by atoms with E-state index in [0.717, 1.165) is 16.4 Å². The van der Waals surface area contributed by atoms with Crippen molar-refractivity contribution < 1.29 is 4.39 Å². The summed E-state index contributed by atoms with van der Waals surface area (Å²) < 4.78 is 17.5. The van der Waals surface area contributed by atoms with E-state index < -0.39 is 0 Å². The highest BCUT2D eigenvalue weighted by Gasteiger charge is 2.27. The molecule has 10 heteroatoms. The van der Waals surface area contributed by atoms with Crippen molar-refractivity contribution in [2.75, 3.05) is 5.01 Å². The van der Waals surface area contributed by atoms with Crippen molar-refractivity contribution in [2.45, 2.75) is 32.4 Å². The standard InChI is InChI=1S/C18H19ClFN7S/c1-11-8-12(2)26(22-11)10-17-24-27(18(21)28-17)16-6-7-25(23-16)9-13-14(19)4-3-5-15(13)20/h3-8,18H,9-10,21H2,1-2H3. The number of halogens is 2. The molecule has 7 nitrogen and oxygen atoms in total. The van der Waals surface area contributed by atoms with E-state index in [1.165, 1.54) is 17.8 Å². The minimum Gasteiger partial charge on any atom is -0.301 e. The van der Waals surface area contributed by atoms with E-state index in [0.29, 0.717) is 22.9 Å². The van der Waals surface area contributed by atoms with Gasteiger partial charge in [-0.15, -0.1) is 0 Å². The van der Waals surface area contributed by atoms with Crippen molar-refractivity contribution in [1.29, 1.82) is 0 Å². The third kappa shape index (κ3) is 3.78. The zero-order chi connectivity index (χ0) is 19.8. The van der Waals surface area contributed by atoms with Crippen molar-refractivity contribution in [3.63, 3.8) is 0 Å². The van der Waals surface area contributed by atoms with Gasteiger partial charge in [0.05, 0.1) is 18.8 Å². The van der Waals surface area contributed by atoms with Gasteiger partial charge < -0.3 is 5.73 Å². The average Bonchev–Trinajstić information content (AvgIpc) is 3.31. The number of hydrazone groups is 1. The first-order valence-corrected chi connectivity index (χ1v) is 9.93. The van der Waals surface area contributed by atoms with Crippen LogP contribution in [0.2, 0.25) is 5.02 Å². The van der Waals surface area contributed by atoms with Crippen molar-refractivity contribution in [1.82, 2.24) is 19.6 Å². The Balaban J connectivity index is 1.51. The molecule has 2 N–H and O–H groups in total. The molecular weight excluding hydrogens is 401 g/mol. The number of nitrogens with two attached hydrogens (primary N) is 1. The van der Waals surface area contributed by atoms with Crippen LogP contribution in [-0.4, -0.2) is 30.1 Å². The predicted octanol–water partition coefficient (Wildman–Crippen LogP) is 3.35. The second kappa shape index (κ2) is 7.57. The molecule has 1 aromatic carbocycles. The number of benzene rings is 1. The molecule has 1 atom stereocenters. The van der Waals surface area contributed by atoms with Gasteiger partial charge in [0.25, 0.3) is 0 Å². The van der Waals surface area contributed by atoms with Crippen LogP contribution in [0.5, 0.6) is 0 Å². The van der Waals surface area contributed by atoms with Crippen LogP contribution in [0.3, 0.4) is 0 Å². The zero-order valence-corrected chi connectivity index (χ0v) is 17.0. The molecule has 0 fully saturated rings. The Kier molecular flexibility index (Phi) is 5.13. The molecule has 1 aliphatic heterocycles. The van der Waals surface area contributed by atoms with Gasteiger partial charge in [-0.25, -0.2) is 9.40 Å². The summed E-state index contributed by atoms with van der Waals surface area (Å²) in [7, 11) is 0. The van der Waals surface area contributed by atoms with E-state index in [-0.39, 0.29) is 17.9 Å². The Morgan fingerprint density at radius 1 is 1.21 bits per heavy atom. The van der Waals surface area contributed by atoms with Crippen molar-refractivity contribution in [3.05, 3.63) is 64.3 Å². The minimum absolute atomic E-state index is 0.226. The van der Waals surface area contributed by atoms with Crippen LogP contribution in [-0.2, 0) is 13.1 Å². The summed E-state index contributed by atoms with van der Waals surface area (Å²) in [5.41, 5.74) is 8.27. The molecule has 0 spiro atoms. The maximum Gasteiger partial charge on any atom is 0.173 e. The van der Waals surface area contributed by atoms with Gasteiger partial charge in [0.1, 0.15) is 10.9 Å². The fourth-order valence-corrected chi connectivity index (χ4v) is 4.10. The lowest BCUT2D eigenvalue weighted by Gasteiger charge is -2.15. The van der Waals surface area contributed by atoms with Gasteiger partial charge in [-0.3, -0.25) is 9.36 Å². The van der Waals surface area contributed by atoms with Gasteiger partial charge in [0.15, 0.2) is 11.3 Å². The largest absolute Gasteiger partial charge is 0.301 e. The van der Waals surface area contributed by atoms with Gasteiger partial charge in [0, 0.05) is 28.5 Å². The average molecular weight is 420 g/mol. The first-order valence-electron chi connectivity index (χ1n) is 8.67. The first-order chi connectivity index (χ1) is 13.4. The summed E-state index contributed by atoms with van der Waals surface area (Å²) in [5, 5.41) is 16.4. The normalized spacial score (nSPS) is 16.7. The second-order valence-corrected chi connectivity index (χ2v) is 8.10. The van der Waals surface area contributed by atoms with Crippen molar-refractivity contribution >= 4 is 34.2 Å². The predicted molar refractivity (Wildman–Crippen MR) is 110 cm³/mol. The van der Waals surface area contributed by atoms with Gasteiger partial charge in [-0.05, 0) is 32.0 Å². The summed E-state index contributed by atoms with van der Waals surface area (Å²) in [6, 6.07) is 8.44. The number of thioether (sulfide) groups is 1. The van der Waals surface area contributed by atoms with E-state index in [1.807, 2.05) is 24.6 Å². The molecule has 0 saturated carbocycles. The summed E-state index contributed by atoms with van der Waals surface area (Å²) in [4.78, 5) is 0. The van der Waals surface area contributed by atoms with Crippen molar-refractivity contribution in [3.8, 4) is 0 Å². The number of hydrogen-bond donors (Lipinski definition) is 1. The fourth-order valence-electron chi connectivity index (χ4n) is 3.01. The van der Waals surface area contributed by atoms with Crippen LogP contribution in [0.1, 0.15) is 17.0 Å². The first kappa shape index (κ1) is 19.0. The van der Waals surface area contributed by atoms with E-state index in [9.17, 15) is 4.39 Å². The van der Waals surface area contributed by atoms with E-state index in [2.05, 4.69) is 15.3 Å². The van der Waals surface area contributed by atoms with Crippen LogP contribution in [0.4, 0.5) is 10.2 Å². The van der Waals surface area contributed by atoms with Gasteiger partial charge in [-0.1, -0.05) is 29.4 Å². The van der Waals surface area contributed by atoms with Crippen LogP contribution >= 0.6 is 23.4 Å². The third-order valence-electron chi connectivity index (χ3n) is 4.35.